The fraction of sp³-hybridized carbons (Fsp3) is 0.200. The highest BCUT2D eigenvalue weighted by Crippen LogP contribution is 2.14. The van der Waals surface area contributed by atoms with Gasteiger partial charge in [-0.1, -0.05) is 36.3 Å². The molecule has 0 aliphatic rings. The Morgan fingerprint density at radius 3 is 2.36 bits per heavy atom. The molecule has 1 heteroatoms. The number of nitrogens with two attached hydrogens (primary N) is 1. The zero-order chi connectivity index (χ0) is 8.32. The Hall–Kier alpha value is -1.26. The normalized spacial score (nSPS) is 15.0. The fourth-order valence-electron chi connectivity index (χ4n) is 0.868. The van der Waals surface area contributed by atoms with Gasteiger partial charge in [0.15, 0.2) is 0 Å². The summed E-state index contributed by atoms with van der Waals surface area (Å²) in [5.74, 6) is 2.54. The molecule has 56 valence electrons. The van der Waals surface area contributed by atoms with Gasteiger partial charge in [-0.15, -0.1) is 6.42 Å². The maximum Gasteiger partial charge on any atom is 0.1000 e. The Kier molecular flexibility index (Phi) is 1.98. The molecule has 0 heterocycles. The lowest BCUT2D eigenvalue weighted by Crippen LogP contribution is -2.30. The second-order valence-electron chi connectivity index (χ2n) is 2.71. The van der Waals surface area contributed by atoms with Crippen LogP contribution in [0.5, 0.6) is 0 Å². The highest BCUT2D eigenvalue weighted by atomic mass is 14.7. The molecule has 0 aliphatic carbocycles. The lowest BCUT2D eigenvalue weighted by atomic mass is 9.95. The van der Waals surface area contributed by atoms with Crippen LogP contribution in [0.25, 0.3) is 0 Å². The van der Waals surface area contributed by atoms with Gasteiger partial charge in [-0.2, -0.15) is 0 Å². The van der Waals surface area contributed by atoms with E-state index in [1.807, 2.05) is 37.3 Å². The smallest absolute Gasteiger partial charge is 0.1000 e. The predicted octanol–water partition coefficient (Wildman–Crippen LogP) is 1.49. The number of benzene rings is 1. The van der Waals surface area contributed by atoms with Crippen molar-refractivity contribution < 1.29 is 0 Å². The van der Waals surface area contributed by atoms with E-state index < -0.39 is 5.54 Å². The van der Waals surface area contributed by atoms with E-state index in [1.54, 1.807) is 0 Å². The molecule has 1 rings (SSSR count). The summed E-state index contributed by atoms with van der Waals surface area (Å²) in [7, 11) is 0. The number of hydrogen-bond acceptors (Lipinski definition) is 1. The first-order valence-corrected chi connectivity index (χ1v) is 3.49. The Bertz CT molecular complexity index is 267. The summed E-state index contributed by atoms with van der Waals surface area (Å²) in [4.78, 5) is 0. The van der Waals surface area contributed by atoms with Crippen LogP contribution in [0.1, 0.15) is 12.5 Å². The second kappa shape index (κ2) is 2.77. The van der Waals surface area contributed by atoms with Crippen LogP contribution in [-0.4, -0.2) is 0 Å². The molecule has 1 aromatic rings. The third kappa shape index (κ3) is 1.60. The number of rotatable bonds is 1. The Balaban J connectivity index is 3.05. The largest absolute Gasteiger partial charge is 0.312 e. The van der Waals surface area contributed by atoms with E-state index in [4.69, 9.17) is 12.2 Å². The lowest BCUT2D eigenvalue weighted by molar-refractivity contribution is 0.658. The molecule has 0 bridgehead atoms. The first-order chi connectivity index (χ1) is 5.17. The van der Waals surface area contributed by atoms with Gasteiger partial charge < -0.3 is 5.73 Å². The molecule has 1 nitrogen and oxygen atoms in total. The standard InChI is InChI=1S/C10H11N/c1-3-10(2,11)9-7-5-4-6-8-9/h1,4-8H,11H2,2H3. The maximum atomic E-state index is 5.80. The van der Waals surface area contributed by atoms with Crippen molar-refractivity contribution in [3.8, 4) is 12.3 Å². The van der Waals surface area contributed by atoms with Crippen LogP contribution >= 0.6 is 0 Å². The van der Waals surface area contributed by atoms with Gasteiger partial charge in [0.2, 0.25) is 0 Å². The average molecular weight is 145 g/mol. The minimum absolute atomic E-state index is 0.638. The van der Waals surface area contributed by atoms with E-state index in [-0.39, 0.29) is 0 Å². The summed E-state index contributed by atoms with van der Waals surface area (Å²) in [6.45, 7) is 1.82. The van der Waals surface area contributed by atoms with Crippen molar-refractivity contribution in [1.29, 1.82) is 0 Å². The van der Waals surface area contributed by atoms with E-state index >= 15 is 0 Å². The molecule has 0 saturated carbocycles. The van der Waals surface area contributed by atoms with Crippen molar-refractivity contribution in [1.82, 2.24) is 0 Å². The first kappa shape index (κ1) is 7.84. The van der Waals surface area contributed by atoms with Crippen molar-refractivity contribution in [2.45, 2.75) is 12.5 Å². The fourth-order valence-corrected chi connectivity index (χ4v) is 0.868. The number of hydrogen-bond donors (Lipinski definition) is 1. The van der Waals surface area contributed by atoms with E-state index in [0.29, 0.717) is 0 Å². The Morgan fingerprint density at radius 1 is 1.36 bits per heavy atom. The highest BCUT2D eigenvalue weighted by Gasteiger charge is 2.15. The molecule has 0 fully saturated rings. The van der Waals surface area contributed by atoms with Gasteiger partial charge in [0, 0.05) is 0 Å². The van der Waals surface area contributed by atoms with Gasteiger partial charge in [0.05, 0.1) is 5.54 Å². The van der Waals surface area contributed by atoms with Crippen LogP contribution < -0.4 is 5.73 Å². The van der Waals surface area contributed by atoms with Gasteiger partial charge in [-0.05, 0) is 12.5 Å². The van der Waals surface area contributed by atoms with Crippen molar-refractivity contribution in [2.75, 3.05) is 0 Å². The maximum absolute atomic E-state index is 5.80. The third-order valence-electron chi connectivity index (χ3n) is 1.67. The topological polar surface area (TPSA) is 26.0 Å². The van der Waals surface area contributed by atoms with Crippen LogP contribution in [-0.2, 0) is 5.54 Å². The van der Waals surface area contributed by atoms with E-state index in [2.05, 4.69) is 5.92 Å². The molecule has 0 aliphatic heterocycles. The summed E-state index contributed by atoms with van der Waals surface area (Å²) in [5, 5.41) is 0. The monoisotopic (exact) mass is 145 g/mol. The molecule has 0 radical (unpaired) electrons. The average Bonchev–Trinajstić information content (AvgIpc) is 2.06. The van der Waals surface area contributed by atoms with Crippen molar-refractivity contribution in [2.24, 2.45) is 5.73 Å². The summed E-state index contributed by atoms with van der Waals surface area (Å²) in [6, 6.07) is 9.66. The third-order valence-corrected chi connectivity index (χ3v) is 1.67. The molecule has 0 aromatic heterocycles. The van der Waals surface area contributed by atoms with Gasteiger partial charge in [-0.3, -0.25) is 0 Å². The Labute approximate surface area is 67.2 Å². The molecule has 0 amide bonds. The zero-order valence-corrected chi connectivity index (χ0v) is 6.54. The van der Waals surface area contributed by atoms with Gasteiger partial charge in [0.1, 0.15) is 0 Å². The first-order valence-electron chi connectivity index (χ1n) is 3.49. The summed E-state index contributed by atoms with van der Waals surface area (Å²) in [5.41, 5.74) is 6.14. The molecule has 1 atom stereocenters. The van der Waals surface area contributed by atoms with Gasteiger partial charge in [-0.25, -0.2) is 0 Å². The summed E-state index contributed by atoms with van der Waals surface area (Å²) in [6.07, 6.45) is 5.26. The molecule has 1 aromatic carbocycles. The van der Waals surface area contributed by atoms with Crippen molar-refractivity contribution in [3.05, 3.63) is 35.9 Å². The minimum Gasteiger partial charge on any atom is -0.312 e. The quantitative estimate of drug-likeness (QED) is 0.595. The van der Waals surface area contributed by atoms with Crippen LogP contribution in [0.2, 0.25) is 0 Å². The number of terminal acetylenes is 1. The molecule has 0 spiro atoms. The highest BCUT2D eigenvalue weighted by molar-refractivity contribution is 5.30. The second-order valence-corrected chi connectivity index (χ2v) is 2.71. The van der Waals surface area contributed by atoms with E-state index in [1.165, 1.54) is 0 Å². The van der Waals surface area contributed by atoms with Crippen LogP contribution in [0, 0.1) is 12.3 Å². The summed E-state index contributed by atoms with van der Waals surface area (Å²) >= 11 is 0. The SMILES string of the molecule is C#CC(C)(N)c1ccccc1. The molecular weight excluding hydrogens is 134 g/mol. The minimum atomic E-state index is -0.638. The van der Waals surface area contributed by atoms with Crippen LogP contribution in [0.15, 0.2) is 30.3 Å². The molecule has 1 unspecified atom stereocenters. The van der Waals surface area contributed by atoms with Crippen molar-refractivity contribution >= 4 is 0 Å². The van der Waals surface area contributed by atoms with Crippen LogP contribution in [0.4, 0.5) is 0 Å². The van der Waals surface area contributed by atoms with Crippen LogP contribution in [0.3, 0.4) is 0 Å². The lowest BCUT2D eigenvalue weighted by Gasteiger charge is -2.17. The van der Waals surface area contributed by atoms with Crippen molar-refractivity contribution in [3.63, 3.8) is 0 Å². The Morgan fingerprint density at radius 2 is 1.91 bits per heavy atom. The van der Waals surface area contributed by atoms with E-state index in [0.717, 1.165) is 5.56 Å². The molecule has 11 heavy (non-hydrogen) atoms. The molecule has 2 N–H and O–H groups in total. The van der Waals surface area contributed by atoms with Gasteiger partial charge in [0.25, 0.3) is 0 Å². The molecular formula is C10H11N. The molecule has 0 saturated heterocycles. The predicted molar refractivity (Wildman–Crippen MR) is 46.8 cm³/mol. The summed E-state index contributed by atoms with van der Waals surface area (Å²) < 4.78 is 0. The van der Waals surface area contributed by atoms with Gasteiger partial charge >= 0.3 is 0 Å². The zero-order valence-electron chi connectivity index (χ0n) is 6.54. The van der Waals surface area contributed by atoms with E-state index in [9.17, 15) is 0 Å².